The SMILES string of the molecule is COc1ccc(OCCNC(=O)c2cncc(C(=O)NC3CC3)c2)cc1. The highest BCUT2D eigenvalue weighted by atomic mass is 16.5. The molecule has 26 heavy (non-hydrogen) atoms. The summed E-state index contributed by atoms with van der Waals surface area (Å²) in [5.41, 5.74) is 0.733. The zero-order chi connectivity index (χ0) is 18.4. The van der Waals surface area contributed by atoms with Gasteiger partial charge in [-0.15, -0.1) is 0 Å². The van der Waals surface area contributed by atoms with Gasteiger partial charge >= 0.3 is 0 Å². The number of hydrogen-bond donors (Lipinski definition) is 2. The van der Waals surface area contributed by atoms with E-state index in [4.69, 9.17) is 9.47 Å². The van der Waals surface area contributed by atoms with E-state index in [-0.39, 0.29) is 17.9 Å². The summed E-state index contributed by atoms with van der Waals surface area (Å²) in [6.07, 6.45) is 4.91. The van der Waals surface area contributed by atoms with Crippen LogP contribution >= 0.6 is 0 Å². The highest BCUT2D eigenvalue weighted by Gasteiger charge is 2.24. The van der Waals surface area contributed by atoms with Crippen molar-refractivity contribution in [2.24, 2.45) is 0 Å². The zero-order valence-corrected chi connectivity index (χ0v) is 14.5. The Bertz CT molecular complexity index is 773. The molecular weight excluding hydrogens is 334 g/mol. The number of nitrogens with zero attached hydrogens (tertiary/aromatic N) is 1. The monoisotopic (exact) mass is 355 g/mol. The fraction of sp³-hybridized carbons (Fsp3) is 0.316. The molecule has 1 aromatic carbocycles. The Hall–Kier alpha value is -3.09. The molecule has 0 spiro atoms. The van der Waals surface area contributed by atoms with Gasteiger partial charge in [-0.3, -0.25) is 14.6 Å². The average Bonchev–Trinajstić information content (AvgIpc) is 3.49. The lowest BCUT2D eigenvalue weighted by Gasteiger charge is -2.09. The van der Waals surface area contributed by atoms with Crippen molar-refractivity contribution in [3.8, 4) is 11.5 Å². The molecule has 0 bridgehead atoms. The Kier molecular flexibility index (Phi) is 5.68. The van der Waals surface area contributed by atoms with E-state index in [2.05, 4.69) is 15.6 Å². The van der Waals surface area contributed by atoms with Gasteiger partial charge in [0.05, 0.1) is 24.8 Å². The van der Waals surface area contributed by atoms with E-state index in [0.717, 1.165) is 18.6 Å². The van der Waals surface area contributed by atoms with E-state index < -0.39 is 0 Å². The lowest BCUT2D eigenvalue weighted by atomic mass is 10.2. The maximum absolute atomic E-state index is 12.2. The number of carbonyl (C=O) groups excluding carboxylic acids is 2. The number of carbonyl (C=O) groups is 2. The predicted octanol–water partition coefficient (Wildman–Crippen LogP) is 1.79. The molecule has 0 radical (unpaired) electrons. The quantitative estimate of drug-likeness (QED) is 0.705. The molecule has 1 saturated carbocycles. The minimum Gasteiger partial charge on any atom is -0.497 e. The van der Waals surface area contributed by atoms with Crippen molar-refractivity contribution in [3.63, 3.8) is 0 Å². The van der Waals surface area contributed by atoms with Gasteiger partial charge < -0.3 is 20.1 Å². The van der Waals surface area contributed by atoms with Crippen molar-refractivity contribution in [1.82, 2.24) is 15.6 Å². The Labute approximate surface area is 151 Å². The van der Waals surface area contributed by atoms with Gasteiger partial charge in [-0.2, -0.15) is 0 Å². The maximum atomic E-state index is 12.2. The van der Waals surface area contributed by atoms with Gasteiger partial charge in [-0.25, -0.2) is 0 Å². The third-order valence-corrected chi connectivity index (χ3v) is 3.89. The van der Waals surface area contributed by atoms with Crippen LogP contribution in [0.3, 0.4) is 0 Å². The normalized spacial score (nSPS) is 13.0. The number of rotatable bonds is 8. The molecule has 136 valence electrons. The van der Waals surface area contributed by atoms with Crippen LogP contribution in [-0.4, -0.2) is 43.1 Å². The standard InChI is InChI=1S/C19H21N3O4/c1-25-16-4-6-17(7-5-16)26-9-8-21-18(23)13-10-14(12-20-11-13)19(24)22-15-2-3-15/h4-7,10-12,15H,2-3,8-9H2,1H3,(H,21,23)(H,22,24). The van der Waals surface area contributed by atoms with E-state index in [1.54, 1.807) is 37.4 Å². The predicted molar refractivity (Wildman–Crippen MR) is 95.5 cm³/mol. The molecule has 7 nitrogen and oxygen atoms in total. The molecule has 2 amide bonds. The highest BCUT2D eigenvalue weighted by Crippen LogP contribution is 2.19. The molecular formula is C19H21N3O4. The Morgan fingerprint density at radius 2 is 1.73 bits per heavy atom. The topological polar surface area (TPSA) is 89.6 Å². The Morgan fingerprint density at radius 3 is 2.38 bits per heavy atom. The molecule has 7 heteroatoms. The van der Waals surface area contributed by atoms with E-state index in [1.165, 1.54) is 12.4 Å². The first-order chi connectivity index (χ1) is 12.7. The summed E-state index contributed by atoms with van der Waals surface area (Å²) in [7, 11) is 1.60. The van der Waals surface area contributed by atoms with E-state index in [1.807, 2.05) is 0 Å². The molecule has 0 aliphatic heterocycles. The molecule has 1 fully saturated rings. The van der Waals surface area contributed by atoms with Gasteiger partial charge in [-0.1, -0.05) is 0 Å². The molecule has 3 rings (SSSR count). The van der Waals surface area contributed by atoms with E-state index in [0.29, 0.717) is 30.0 Å². The minimum absolute atomic E-state index is 0.197. The maximum Gasteiger partial charge on any atom is 0.253 e. The van der Waals surface area contributed by atoms with Crippen molar-refractivity contribution in [3.05, 3.63) is 53.9 Å². The second-order valence-corrected chi connectivity index (χ2v) is 5.99. The third-order valence-electron chi connectivity index (χ3n) is 3.89. The van der Waals surface area contributed by atoms with Crippen LogP contribution in [0.2, 0.25) is 0 Å². The average molecular weight is 355 g/mol. The van der Waals surface area contributed by atoms with Gasteiger partial charge in [0.2, 0.25) is 0 Å². The van der Waals surface area contributed by atoms with Gasteiger partial charge in [0.1, 0.15) is 18.1 Å². The fourth-order valence-electron chi connectivity index (χ4n) is 2.29. The first kappa shape index (κ1) is 17.7. The van der Waals surface area contributed by atoms with E-state index >= 15 is 0 Å². The molecule has 2 aromatic rings. The number of amides is 2. The molecule has 0 unspecified atom stereocenters. The van der Waals surface area contributed by atoms with Crippen LogP contribution in [0.15, 0.2) is 42.7 Å². The summed E-state index contributed by atoms with van der Waals surface area (Å²) >= 11 is 0. The van der Waals surface area contributed by atoms with Crippen LogP contribution in [0.1, 0.15) is 33.6 Å². The van der Waals surface area contributed by atoms with Crippen LogP contribution in [0, 0.1) is 0 Å². The van der Waals surface area contributed by atoms with Crippen LogP contribution in [-0.2, 0) is 0 Å². The van der Waals surface area contributed by atoms with Crippen LogP contribution in [0.4, 0.5) is 0 Å². The minimum atomic E-state index is -0.295. The summed E-state index contributed by atoms with van der Waals surface area (Å²) < 4.78 is 10.6. The molecule has 1 aliphatic carbocycles. The van der Waals surface area contributed by atoms with Gasteiger partial charge in [0.15, 0.2) is 0 Å². The molecule has 0 saturated heterocycles. The number of aromatic nitrogens is 1. The summed E-state index contributed by atoms with van der Waals surface area (Å²) in [6, 6.07) is 9.01. The van der Waals surface area contributed by atoms with Gasteiger partial charge in [0, 0.05) is 18.4 Å². The van der Waals surface area contributed by atoms with Crippen molar-refractivity contribution < 1.29 is 19.1 Å². The second kappa shape index (κ2) is 8.33. The Balaban J connectivity index is 1.46. The first-order valence-electron chi connectivity index (χ1n) is 8.46. The Morgan fingerprint density at radius 1 is 1.08 bits per heavy atom. The van der Waals surface area contributed by atoms with Crippen molar-refractivity contribution in [1.29, 1.82) is 0 Å². The van der Waals surface area contributed by atoms with Crippen LogP contribution < -0.4 is 20.1 Å². The number of benzene rings is 1. The van der Waals surface area contributed by atoms with Gasteiger partial charge in [0.25, 0.3) is 11.8 Å². The summed E-state index contributed by atoms with van der Waals surface area (Å²) in [4.78, 5) is 28.2. The van der Waals surface area contributed by atoms with Crippen molar-refractivity contribution >= 4 is 11.8 Å². The van der Waals surface area contributed by atoms with Gasteiger partial charge in [-0.05, 0) is 43.2 Å². The number of nitrogens with one attached hydrogen (secondary N) is 2. The summed E-state index contributed by atoms with van der Waals surface area (Å²) in [5.74, 6) is 0.957. The number of hydrogen-bond acceptors (Lipinski definition) is 5. The number of ether oxygens (including phenoxy) is 2. The smallest absolute Gasteiger partial charge is 0.253 e. The van der Waals surface area contributed by atoms with Crippen LogP contribution in [0.25, 0.3) is 0 Å². The third kappa shape index (κ3) is 4.95. The van der Waals surface area contributed by atoms with Crippen molar-refractivity contribution in [2.45, 2.75) is 18.9 Å². The largest absolute Gasteiger partial charge is 0.497 e. The fourth-order valence-corrected chi connectivity index (χ4v) is 2.29. The summed E-state index contributed by atoms with van der Waals surface area (Å²) in [6.45, 7) is 0.663. The molecule has 1 heterocycles. The summed E-state index contributed by atoms with van der Waals surface area (Å²) in [5, 5.41) is 5.63. The lowest BCUT2D eigenvalue weighted by Crippen LogP contribution is -2.29. The zero-order valence-electron chi connectivity index (χ0n) is 14.5. The molecule has 1 aliphatic rings. The lowest BCUT2D eigenvalue weighted by molar-refractivity contribution is 0.0946. The molecule has 2 N–H and O–H groups in total. The number of methoxy groups -OCH3 is 1. The first-order valence-corrected chi connectivity index (χ1v) is 8.46. The van der Waals surface area contributed by atoms with Crippen LogP contribution in [0.5, 0.6) is 11.5 Å². The highest BCUT2D eigenvalue weighted by molar-refractivity contribution is 5.99. The number of pyridine rings is 1. The molecule has 0 atom stereocenters. The second-order valence-electron chi connectivity index (χ2n) is 5.99. The van der Waals surface area contributed by atoms with Crippen molar-refractivity contribution in [2.75, 3.05) is 20.3 Å². The van der Waals surface area contributed by atoms with E-state index in [9.17, 15) is 9.59 Å². The molecule has 1 aromatic heterocycles.